The van der Waals surface area contributed by atoms with Crippen LogP contribution < -0.4 is 5.32 Å². The van der Waals surface area contributed by atoms with Crippen LogP contribution in [-0.2, 0) is 4.79 Å². The van der Waals surface area contributed by atoms with E-state index in [1.807, 2.05) is 0 Å². The van der Waals surface area contributed by atoms with Gasteiger partial charge in [0.15, 0.2) is 0 Å². The van der Waals surface area contributed by atoms with Crippen LogP contribution in [0, 0.1) is 0 Å². The summed E-state index contributed by atoms with van der Waals surface area (Å²) in [4.78, 5) is 12.5. The first-order valence-corrected chi connectivity index (χ1v) is 24.9. The molecular formula is C51H97NO5. The van der Waals surface area contributed by atoms with Gasteiger partial charge in [-0.15, -0.1) is 0 Å². The molecule has 6 heteroatoms. The minimum Gasteiger partial charge on any atom is -0.394 e. The van der Waals surface area contributed by atoms with E-state index in [9.17, 15) is 25.2 Å². The fourth-order valence-electron chi connectivity index (χ4n) is 7.61. The van der Waals surface area contributed by atoms with Gasteiger partial charge in [0.1, 0.15) is 12.2 Å². The van der Waals surface area contributed by atoms with Gasteiger partial charge in [0.25, 0.3) is 0 Å². The molecule has 0 heterocycles. The Morgan fingerprint density at radius 1 is 0.421 bits per heavy atom. The van der Waals surface area contributed by atoms with Gasteiger partial charge in [0.2, 0.25) is 5.91 Å². The van der Waals surface area contributed by atoms with Gasteiger partial charge < -0.3 is 25.7 Å². The molecule has 0 aromatic heterocycles. The van der Waals surface area contributed by atoms with Crippen LogP contribution in [0.3, 0.4) is 0 Å². The van der Waals surface area contributed by atoms with E-state index in [4.69, 9.17) is 0 Å². The fraction of sp³-hybridized carbons (Fsp3) is 0.863. The largest absolute Gasteiger partial charge is 0.394 e. The molecule has 0 fully saturated rings. The highest BCUT2D eigenvalue weighted by molar-refractivity contribution is 5.80. The lowest BCUT2D eigenvalue weighted by atomic mass is 10.00. The predicted octanol–water partition coefficient (Wildman–Crippen LogP) is 13.7. The standard InChI is InChI=1S/C51H97NO5/c1-3-5-7-9-11-13-15-17-18-19-20-21-22-23-24-25-26-27-28-29-30-31-32-33-35-36-38-40-42-44-48(54)50(56)47(46-53)52-51(57)49(55)45-43-41-39-37-34-16-14-12-10-8-6-4-2/h27-28,31-32,36,38,47-50,53-56H,3-26,29-30,33-35,37,39-46H2,1-2H3,(H,52,57)/b28-27+,32-31+,38-36+. The van der Waals surface area contributed by atoms with E-state index in [2.05, 4.69) is 55.6 Å². The number of aliphatic hydroxyl groups excluding tert-OH is 4. The maximum absolute atomic E-state index is 12.5. The molecule has 0 bridgehead atoms. The summed E-state index contributed by atoms with van der Waals surface area (Å²) in [5.41, 5.74) is 0. The molecule has 0 aromatic carbocycles. The van der Waals surface area contributed by atoms with Gasteiger partial charge in [0, 0.05) is 0 Å². The number of amides is 1. The van der Waals surface area contributed by atoms with Crippen LogP contribution in [0.1, 0.15) is 251 Å². The Labute approximate surface area is 354 Å². The third-order valence-electron chi connectivity index (χ3n) is 11.6. The van der Waals surface area contributed by atoms with E-state index in [1.165, 1.54) is 167 Å². The first kappa shape index (κ1) is 55.5. The lowest BCUT2D eigenvalue weighted by Crippen LogP contribution is -2.53. The van der Waals surface area contributed by atoms with Crippen LogP contribution in [0.4, 0.5) is 0 Å². The average Bonchev–Trinajstić information content (AvgIpc) is 3.22. The molecule has 0 spiro atoms. The topological polar surface area (TPSA) is 110 Å². The van der Waals surface area contributed by atoms with Crippen molar-refractivity contribution in [2.24, 2.45) is 0 Å². The Kier molecular flexibility index (Phi) is 44.4. The SMILES string of the molecule is CCCCCCCCCCCCCCCCCC/C=C/CC/C=C/CC/C=C/CCCC(O)C(O)C(CO)NC(=O)C(O)CCCCCCCCCCCCCC. The number of carbonyl (C=O) groups excluding carboxylic acids is 1. The van der Waals surface area contributed by atoms with Crippen molar-refractivity contribution >= 4 is 5.91 Å². The van der Waals surface area contributed by atoms with Crippen molar-refractivity contribution in [3.63, 3.8) is 0 Å². The molecule has 1 amide bonds. The van der Waals surface area contributed by atoms with Gasteiger partial charge in [-0.25, -0.2) is 0 Å². The number of unbranched alkanes of at least 4 members (excludes halogenated alkanes) is 30. The zero-order valence-corrected chi connectivity index (χ0v) is 37.8. The summed E-state index contributed by atoms with van der Waals surface area (Å²) in [6.07, 6.45) is 54.9. The summed E-state index contributed by atoms with van der Waals surface area (Å²) in [5.74, 6) is -0.599. The van der Waals surface area contributed by atoms with E-state index in [0.29, 0.717) is 19.3 Å². The maximum atomic E-state index is 12.5. The summed E-state index contributed by atoms with van der Waals surface area (Å²) >= 11 is 0. The normalized spacial score (nSPS) is 14.3. The third kappa shape index (κ3) is 39.7. The zero-order chi connectivity index (χ0) is 41.7. The fourth-order valence-corrected chi connectivity index (χ4v) is 7.61. The van der Waals surface area contributed by atoms with Crippen LogP contribution in [0.5, 0.6) is 0 Å². The summed E-state index contributed by atoms with van der Waals surface area (Å²) < 4.78 is 0. The minimum atomic E-state index is -1.29. The van der Waals surface area contributed by atoms with E-state index >= 15 is 0 Å². The molecule has 0 rings (SSSR count). The smallest absolute Gasteiger partial charge is 0.249 e. The molecule has 336 valence electrons. The number of allylic oxidation sites excluding steroid dienone is 6. The van der Waals surface area contributed by atoms with E-state index < -0.39 is 36.9 Å². The Balaban J connectivity index is 3.71. The Hall–Kier alpha value is -1.47. The highest BCUT2D eigenvalue weighted by Gasteiger charge is 2.28. The molecule has 0 saturated heterocycles. The number of aliphatic hydroxyl groups is 4. The van der Waals surface area contributed by atoms with Gasteiger partial charge in [-0.2, -0.15) is 0 Å². The molecule has 4 atom stereocenters. The van der Waals surface area contributed by atoms with E-state index in [-0.39, 0.29) is 0 Å². The van der Waals surface area contributed by atoms with Crippen LogP contribution in [0.15, 0.2) is 36.5 Å². The lowest BCUT2D eigenvalue weighted by Gasteiger charge is -2.27. The molecule has 4 unspecified atom stereocenters. The van der Waals surface area contributed by atoms with Crippen molar-refractivity contribution in [3.05, 3.63) is 36.5 Å². The van der Waals surface area contributed by atoms with Crippen molar-refractivity contribution in [2.45, 2.75) is 276 Å². The van der Waals surface area contributed by atoms with Crippen molar-refractivity contribution in [3.8, 4) is 0 Å². The molecule has 5 N–H and O–H groups in total. The third-order valence-corrected chi connectivity index (χ3v) is 11.6. The number of hydrogen-bond donors (Lipinski definition) is 5. The quantitative estimate of drug-likeness (QED) is 0.0311. The Bertz CT molecular complexity index is 904. The minimum absolute atomic E-state index is 0.360. The monoisotopic (exact) mass is 804 g/mol. The first-order valence-electron chi connectivity index (χ1n) is 24.9. The second-order valence-corrected chi connectivity index (χ2v) is 17.1. The van der Waals surface area contributed by atoms with Gasteiger partial charge in [0.05, 0.1) is 18.8 Å². The molecule has 0 aromatic rings. The number of nitrogens with one attached hydrogen (secondary N) is 1. The molecule has 0 aliphatic heterocycles. The Morgan fingerprint density at radius 2 is 0.737 bits per heavy atom. The average molecular weight is 804 g/mol. The van der Waals surface area contributed by atoms with E-state index in [1.54, 1.807) is 0 Å². The van der Waals surface area contributed by atoms with Crippen LogP contribution in [-0.4, -0.2) is 57.3 Å². The number of rotatable bonds is 45. The van der Waals surface area contributed by atoms with Gasteiger partial charge in [-0.05, 0) is 64.2 Å². The molecule has 0 aliphatic rings. The van der Waals surface area contributed by atoms with Crippen molar-refractivity contribution in [2.75, 3.05) is 6.61 Å². The summed E-state index contributed by atoms with van der Waals surface area (Å²) in [6.45, 7) is 4.03. The van der Waals surface area contributed by atoms with Crippen molar-refractivity contribution < 1.29 is 25.2 Å². The highest BCUT2D eigenvalue weighted by atomic mass is 16.3. The summed E-state index contributed by atoms with van der Waals surface area (Å²) in [7, 11) is 0. The molecule has 0 radical (unpaired) electrons. The summed E-state index contributed by atoms with van der Waals surface area (Å²) in [5, 5.41) is 43.7. The second kappa shape index (κ2) is 45.6. The molecule has 0 aliphatic carbocycles. The number of carbonyl (C=O) groups is 1. The molecule has 57 heavy (non-hydrogen) atoms. The predicted molar refractivity (Wildman–Crippen MR) is 247 cm³/mol. The first-order chi connectivity index (χ1) is 28.0. The maximum Gasteiger partial charge on any atom is 0.249 e. The zero-order valence-electron chi connectivity index (χ0n) is 37.8. The molecular weight excluding hydrogens is 707 g/mol. The molecule has 6 nitrogen and oxygen atoms in total. The highest BCUT2D eigenvalue weighted by Crippen LogP contribution is 2.16. The lowest BCUT2D eigenvalue weighted by molar-refractivity contribution is -0.132. The van der Waals surface area contributed by atoms with E-state index in [0.717, 1.165) is 51.4 Å². The van der Waals surface area contributed by atoms with Gasteiger partial charge >= 0.3 is 0 Å². The Morgan fingerprint density at radius 3 is 1.11 bits per heavy atom. The molecule has 0 saturated carbocycles. The van der Waals surface area contributed by atoms with Gasteiger partial charge in [-0.1, -0.05) is 224 Å². The summed E-state index contributed by atoms with van der Waals surface area (Å²) in [6, 6.07) is -1.01. The van der Waals surface area contributed by atoms with Crippen LogP contribution in [0.25, 0.3) is 0 Å². The van der Waals surface area contributed by atoms with Gasteiger partial charge in [-0.3, -0.25) is 4.79 Å². The van der Waals surface area contributed by atoms with Crippen molar-refractivity contribution in [1.29, 1.82) is 0 Å². The van der Waals surface area contributed by atoms with Crippen molar-refractivity contribution in [1.82, 2.24) is 5.32 Å². The number of hydrogen-bond acceptors (Lipinski definition) is 5. The second-order valence-electron chi connectivity index (χ2n) is 17.1. The van der Waals surface area contributed by atoms with Crippen LogP contribution in [0.2, 0.25) is 0 Å². The van der Waals surface area contributed by atoms with Crippen LogP contribution >= 0.6 is 0 Å².